The van der Waals surface area contributed by atoms with Gasteiger partial charge in [0.05, 0.1) is 27.5 Å². The lowest BCUT2D eigenvalue weighted by molar-refractivity contribution is -0.161. The molecule has 7 nitrogen and oxygen atoms in total. The van der Waals surface area contributed by atoms with Gasteiger partial charge in [-0.2, -0.15) is 0 Å². The molecular formula is C29H40NO6PSi. The molecule has 1 N–H and O–H groups in total. The number of aliphatic hydroxyl groups excluding tert-OH is 1. The molecule has 1 fully saturated rings. The largest absolute Gasteiger partial charge is 0.488 e. The van der Waals surface area contributed by atoms with E-state index in [0.717, 1.165) is 40.0 Å². The number of hydrogen-bond donors (Lipinski definition) is 1. The van der Waals surface area contributed by atoms with Crippen LogP contribution in [0.25, 0.3) is 10.8 Å². The van der Waals surface area contributed by atoms with Gasteiger partial charge in [-0.1, -0.05) is 58.0 Å². The van der Waals surface area contributed by atoms with E-state index in [4.69, 9.17) is 13.7 Å². The Morgan fingerprint density at radius 3 is 2.39 bits per heavy atom. The average molecular weight is 558 g/mol. The fraction of sp³-hybridized carbons (Fsp3) is 0.517. The van der Waals surface area contributed by atoms with E-state index in [2.05, 4.69) is 27.7 Å². The van der Waals surface area contributed by atoms with Crippen LogP contribution in [-0.4, -0.2) is 55.6 Å². The molecule has 0 saturated carbocycles. The first-order valence-corrected chi connectivity index (χ1v) is 16.7. The van der Waals surface area contributed by atoms with Crippen molar-refractivity contribution in [2.75, 3.05) is 13.2 Å². The van der Waals surface area contributed by atoms with Crippen LogP contribution in [0.5, 0.6) is 5.75 Å². The number of fused-ring (bicyclic) bond motifs is 2. The molecule has 38 heavy (non-hydrogen) atoms. The summed E-state index contributed by atoms with van der Waals surface area (Å²) in [7, 11) is 0.102. The van der Waals surface area contributed by atoms with Gasteiger partial charge in [-0.25, -0.2) is 4.79 Å². The molecule has 0 aromatic heterocycles. The number of hydrogen-bond acceptors (Lipinski definition) is 6. The first kappa shape index (κ1) is 28.7. The van der Waals surface area contributed by atoms with Crippen molar-refractivity contribution in [2.45, 2.75) is 71.3 Å². The lowest BCUT2D eigenvalue weighted by Gasteiger charge is -2.49. The maximum atomic E-state index is 13.5. The van der Waals surface area contributed by atoms with Gasteiger partial charge >= 0.3 is 5.97 Å². The van der Waals surface area contributed by atoms with Gasteiger partial charge in [-0.15, -0.1) is 0 Å². The third kappa shape index (κ3) is 4.92. The number of aliphatic hydroxyl groups is 1. The van der Waals surface area contributed by atoms with Gasteiger partial charge in [0.15, 0.2) is 8.32 Å². The highest BCUT2D eigenvalue weighted by Gasteiger charge is 2.61. The molecule has 2 aromatic rings. The zero-order valence-electron chi connectivity index (χ0n) is 23.0. The number of nitrogens with zero attached hydrogens (tertiary/aromatic N) is 1. The van der Waals surface area contributed by atoms with Gasteiger partial charge in [-0.3, -0.25) is 4.79 Å². The first-order valence-electron chi connectivity index (χ1n) is 13.7. The van der Waals surface area contributed by atoms with Gasteiger partial charge in [0.25, 0.3) is 0 Å². The molecule has 0 radical (unpaired) electrons. The summed E-state index contributed by atoms with van der Waals surface area (Å²) in [6.07, 6.45) is 0.348. The minimum atomic E-state index is -1.90. The molecule has 1 amide bonds. The van der Waals surface area contributed by atoms with Gasteiger partial charge in [-0.05, 0) is 48.5 Å². The minimum absolute atomic E-state index is 0.0715. The second-order valence-electron chi connectivity index (χ2n) is 10.4. The van der Waals surface area contributed by atoms with Crippen molar-refractivity contribution in [1.29, 1.82) is 0 Å². The Kier molecular flexibility index (Phi) is 8.98. The van der Waals surface area contributed by atoms with E-state index in [9.17, 15) is 14.7 Å². The summed E-state index contributed by atoms with van der Waals surface area (Å²) >= 11 is 0. The lowest BCUT2D eigenvalue weighted by Crippen LogP contribution is -2.65. The Hall–Kier alpha value is -2.25. The monoisotopic (exact) mass is 557 g/mol. The number of carbonyl (C=O) groups is 2. The lowest BCUT2D eigenvalue weighted by atomic mass is 9.78. The fourth-order valence-electron chi connectivity index (χ4n) is 6.30. The SMILES string of the molecule is CC[Si](CC)(CC)O[C@H](C)[C@H]1C(=O)N2C(C(=O)OP)=C(COc3cccc4c(CCO)cccc34)[C@H](C)[C@H]12. The predicted octanol–water partition coefficient (Wildman–Crippen LogP) is 5.23. The molecule has 2 aliphatic heterocycles. The molecular weight excluding hydrogens is 517 g/mol. The molecule has 0 spiro atoms. The normalized spacial score (nSPS) is 21.9. The summed E-state index contributed by atoms with van der Waals surface area (Å²) in [5.41, 5.74) is 2.10. The summed E-state index contributed by atoms with van der Waals surface area (Å²) in [4.78, 5) is 28.0. The molecule has 206 valence electrons. The molecule has 0 aliphatic carbocycles. The molecule has 4 rings (SSSR count). The zero-order valence-corrected chi connectivity index (χ0v) is 25.2. The van der Waals surface area contributed by atoms with Crippen molar-refractivity contribution >= 4 is 40.4 Å². The van der Waals surface area contributed by atoms with Crippen LogP contribution in [-0.2, 0) is 25.0 Å². The van der Waals surface area contributed by atoms with Crippen LogP contribution in [0, 0.1) is 11.8 Å². The summed E-state index contributed by atoms with van der Waals surface area (Å²) in [6, 6.07) is 14.7. The summed E-state index contributed by atoms with van der Waals surface area (Å²) in [5, 5.41) is 11.4. The summed E-state index contributed by atoms with van der Waals surface area (Å²) in [6.45, 7) is 10.9. The van der Waals surface area contributed by atoms with Crippen molar-refractivity contribution in [3.63, 3.8) is 0 Å². The van der Waals surface area contributed by atoms with Crippen LogP contribution in [0.4, 0.5) is 0 Å². The van der Waals surface area contributed by atoms with Crippen molar-refractivity contribution in [3.05, 3.63) is 53.2 Å². The van der Waals surface area contributed by atoms with Crippen LogP contribution >= 0.6 is 9.47 Å². The molecule has 9 heteroatoms. The molecule has 1 saturated heterocycles. The van der Waals surface area contributed by atoms with E-state index in [1.807, 2.05) is 52.8 Å². The van der Waals surface area contributed by atoms with Crippen molar-refractivity contribution in [1.82, 2.24) is 4.90 Å². The summed E-state index contributed by atoms with van der Waals surface area (Å²) in [5.74, 6) is -0.321. The highest BCUT2D eigenvalue weighted by Crippen LogP contribution is 2.49. The number of amides is 1. The van der Waals surface area contributed by atoms with Crippen molar-refractivity contribution < 1.29 is 28.4 Å². The number of ether oxygens (including phenoxy) is 1. The number of β-lactam (4-membered cyclic amide) rings is 1. The van der Waals surface area contributed by atoms with Crippen LogP contribution in [0.3, 0.4) is 0 Å². The average Bonchev–Trinajstić information content (AvgIpc) is 3.18. The summed E-state index contributed by atoms with van der Waals surface area (Å²) < 4.78 is 18.0. The Balaban J connectivity index is 1.60. The standard InChI is InChI=1S/C29H40NO6PSi/c1-6-38(7-2,8-3)36-19(5)25-26-18(4)23(27(29(33)35-37)30(26)28(25)32)17-34-24-14-10-12-21-20(15-16-31)11-9-13-22(21)24/h9-14,18-19,25-26,31H,6-8,15-17,37H2,1-5H3/t18-,19+,25+,26+/m0/s1. The second-order valence-corrected chi connectivity index (χ2v) is 15.3. The van der Waals surface area contributed by atoms with Crippen LogP contribution in [0.15, 0.2) is 47.7 Å². The third-order valence-corrected chi connectivity index (χ3v) is 13.7. The Bertz CT molecular complexity index is 1220. The number of carbonyl (C=O) groups excluding carboxylic acids is 2. The molecule has 2 aliphatic rings. The molecule has 2 aromatic carbocycles. The Morgan fingerprint density at radius 1 is 1.11 bits per heavy atom. The fourth-order valence-corrected chi connectivity index (χ4v) is 9.35. The van der Waals surface area contributed by atoms with Crippen molar-refractivity contribution in [2.24, 2.45) is 11.8 Å². The first-order chi connectivity index (χ1) is 18.3. The van der Waals surface area contributed by atoms with Crippen LogP contribution in [0.1, 0.15) is 40.2 Å². The topological polar surface area (TPSA) is 85.3 Å². The highest BCUT2D eigenvalue weighted by molar-refractivity contribution is 7.10. The maximum Gasteiger partial charge on any atom is 0.357 e. The number of benzene rings is 2. The smallest absolute Gasteiger partial charge is 0.357 e. The number of rotatable bonds is 12. The van der Waals surface area contributed by atoms with E-state index in [1.54, 1.807) is 4.90 Å². The van der Waals surface area contributed by atoms with Crippen LogP contribution < -0.4 is 4.74 Å². The molecule has 0 bridgehead atoms. The van der Waals surface area contributed by atoms with Gasteiger partial charge in [0, 0.05) is 23.5 Å². The van der Waals surface area contributed by atoms with E-state index < -0.39 is 14.3 Å². The predicted molar refractivity (Wildman–Crippen MR) is 154 cm³/mol. The van der Waals surface area contributed by atoms with Gasteiger partial charge < -0.3 is 23.7 Å². The molecule has 2 heterocycles. The minimum Gasteiger partial charge on any atom is -0.488 e. The van der Waals surface area contributed by atoms with E-state index in [0.29, 0.717) is 12.2 Å². The van der Waals surface area contributed by atoms with Gasteiger partial charge in [0.1, 0.15) is 18.1 Å². The van der Waals surface area contributed by atoms with E-state index in [-0.39, 0.29) is 48.8 Å². The van der Waals surface area contributed by atoms with Crippen molar-refractivity contribution in [3.8, 4) is 5.75 Å². The Labute approximate surface area is 228 Å². The van der Waals surface area contributed by atoms with Gasteiger partial charge in [0.2, 0.25) is 5.91 Å². The Morgan fingerprint density at radius 2 is 1.76 bits per heavy atom. The second kappa shape index (κ2) is 11.9. The van der Waals surface area contributed by atoms with E-state index >= 15 is 0 Å². The van der Waals surface area contributed by atoms with Crippen LogP contribution in [0.2, 0.25) is 18.1 Å². The highest BCUT2D eigenvalue weighted by atomic mass is 31.0. The maximum absolute atomic E-state index is 13.5. The molecule has 1 unspecified atom stereocenters. The zero-order chi connectivity index (χ0) is 27.6. The molecule has 5 atom stereocenters. The third-order valence-electron chi connectivity index (χ3n) is 8.71. The van der Waals surface area contributed by atoms with E-state index in [1.165, 1.54) is 0 Å². The quantitative estimate of drug-likeness (QED) is 0.219.